The maximum absolute atomic E-state index is 4.56. The Kier molecular flexibility index (Phi) is 2.16. The molecule has 0 N–H and O–H groups in total. The average Bonchev–Trinajstić information content (AvgIpc) is 2.89. The van der Waals surface area contributed by atoms with E-state index in [-0.39, 0.29) is 0 Å². The number of hydrogen-bond acceptors (Lipinski definition) is 4. The number of anilines is 1. The van der Waals surface area contributed by atoms with Crippen molar-refractivity contribution in [3.05, 3.63) is 17.5 Å². The summed E-state index contributed by atoms with van der Waals surface area (Å²) >= 11 is 0. The quantitative estimate of drug-likeness (QED) is 0.718. The predicted octanol–water partition coefficient (Wildman–Crippen LogP) is 1.44. The number of nitrogens with zero attached hydrogens (tertiary/aromatic N) is 4. The van der Waals surface area contributed by atoms with E-state index < -0.39 is 0 Å². The lowest BCUT2D eigenvalue weighted by atomic mass is 10.2. The van der Waals surface area contributed by atoms with Gasteiger partial charge in [-0.15, -0.1) is 0 Å². The maximum atomic E-state index is 4.56. The average molecular weight is 216 g/mol. The molecule has 1 aromatic rings. The summed E-state index contributed by atoms with van der Waals surface area (Å²) in [5.41, 5.74) is 2.10. The van der Waals surface area contributed by atoms with Crippen LogP contribution in [0.5, 0.6) is 0 Å². The molecule has 3 rings (SSSR count). The summed E-state index contributed by atoms with van der Waals surface area (Å²) < 4.78 is 0. The van der Waals surface area contributed by atoms with Crippen LogP contribution in [0.15, 0.2) is 11.2 Å². The standard InChI is InChI=1S/C12H16N4/c1-8-11(4-13-2)5-14-12(15-8)16-6-9-3-10(9)7-16/h5,9-10H,2-4,6-7H2,1H3. The molecule has 16 heavy (non-hydrogen) atoms. The van der Waals surface area contributed by atoms with Gasteiger partial charge in [0.15, 0.2) is 0 Å². The zero-order valence-corrected chi connectivity index (χ0v) is 9.56. The highest BCUT2D eigenvalue weighted by molar-refractivity contribution is 5.37. The molecule has 1 saturated carbocycles. The Balaban J connectivity index is 1.80. The highest BCUT2D eigenvalue weighted by Gasteiger charge is 2.45. The Bertz CT molecular complexity index is 419. The van der Waals surface area contributed by atoms with Crippen molar-refractivity contribution in [3.63, 3.8) is 0 Å². The smallest absolute Gasteiger partial charge is 0.225 e. The molecule has 1 aliphatic heterocycles. The molecule has 0 radical (unpaired) electrons. The van der Waals surface area contributed by atoms with Crippen LogP contribution >= 0.6 is 0 Å². The topological polar surface area (TPSA) is 41.4 Å². The Morgan fingerprint density at radius 2 is 2.25 bits per heavy atom. The number of aliphatic imine (C=N–C) groups is 1. The van der Waals surface area contributed by atoms with Crippen molar-refractivity contribution in [1.29, 1.82) is 0 Å². The zero-order chi connectivity index (χ0) is 11.1. The minimum atomic E-state index is 0.608. The normalized spacial score (nSPS) is 26.7. The molecule has 84 valence electrons. The predicted molar refractivity (Wildman–Crippen MR) is 63.8 cm³/mol. The first kappa shape index (κ1) is 9.75. The second-order valence-corrected chi connectivity index (χ2v) is 4.82. The Morgan fingerprint density at radius 1 is 1.50 bits per heavy atom. The third kappa shape index (κ3) is 1.58. The number of rotatable bonds is 3. The first-order valence-electron chi connectivity index (χ1n) is 5.78. The lowest BCUT2D eigenvalue weighted by molar-refractivity contribution is 0.779. The monoisotopic (exact) mass is 216 g/mol. The van der Waals surface area contributed by atoms with E-state index in [0.717, 1.165) is 42.1 Å². The molecule has 4 heteroatoms. The van der Waals surface area contributed by atoms with E-state index >= 15 is 0 Å². The fourth-order valence-electron chi connectivity index (χ4n) is 2.47. The third-order valence-corrected chi connectivity index (χ3v) is 3.61. The molecule has 4 nitrogen and oxygen atoms in total. The van der Waals surface area contributed by atoms with Gasteiger partial charge in [0.1, 0.15) is 0 Å². The van der Waals surface area contributed by atoms with Crippen LogP contribution in [0.1, 0.15) is 17.7 Å². The molecule has 2 heterocycles. The largest absolute Gasteiger partial charge is 0.340 e. The number of hydrogen-bond donors (Lipinski definition) is 0. The van der Waals surface area contributed by atoms with Gasteiger partial charge in [-0.2, -0.15) is 0 Å². The summed E-state index contributed by atoms with van der Waals surface area (Å²) in [4.78, 5) is 15.1. The van der Waals surface area contributed by atoms with Gasteiger partial charge in [-0.25, -0.2) is 9.97 Å². The van der Waals surface area contributed by atoms with Crippen molar-refractivity contribution in [2.75, 3.05) is 18.0 Å². The van der Waals surface area contributed by atoms with Crippen molar-refractivity contribution in [1.82, 2.24) is 9.97 Å². The van der Waals surface area contributed by atoms with Crippen LogP contribution in [-0.4, -0.2) is 29.8 Å². The minimum Gasteiger partial charge on any atom is -0.340 e. The van der Waals surface area contributed by atoms with E-state index in [1.54, 1.807) is 0 Å². The number of piperidine rings is 1. The van der Waals surface area contributed by atoms with Crippen LogP contribution in [0, 0.1) is 18.8 Å². The molecule has 2 aliphatic rings. The second-order valence-electron chi connectivity index (χ2n) is 4.82. The van der Waals surface area contributed by atoms with E-state index in [4.69, 9.17) is 0 Å². The molecular weight excluding hydrogens is 200 g/mol. The SMILES string of the molecule is C=NCc1cnc(N2CC3CC3C2)nc1C. The van der Waals surface area contributed by atoms with E-state index in [2.05, 4.69) is 26.6 Å². The van der Waals surface area contributed by atoms with Gasteiger partial charge in [0.05, 0.1) is 6.54 Å². The van der Waals surface area contributed by atoms with Crippen molar-refractivity contribution in [2.24, 2.45) is 16.8 Å². The van der Waals surface area contributed by atoms with Gasteiger partial charge in [-0.3, -0.25) is 4.99 Å². The molecule has 1 aromatic heterocycles. The maximum Gasteiger partial charge on any atom is 0.225 e. The zero-order valence-electron chi connectivity index (χ0n) is 9.56. The van der Waals surface area contributed by atoms with E-state index in [0.29, 0.717) is 6.54 Å². The van der Waals surface area contributed by atoms with Gasteiger partial charge < -0.3 is 4.90 Å². The van der Waals surface area contributed by atoms with Gasteiger partial charge in [0, 0.05) is 30.5 Å². The number of fused-ring (bicyclic) bond motifs is 1. The summed E-state index contributed by atoms with van der Waals surface area (Å²) in [6.07, 6.45) is 3.30. The van der Waals surface area contributed by atoms with Crippen LogP contribution < -0.4 is 4.90 Å². The van der Waals surface area contributed by atoms with E-state index in [1.807, 2.05) is 13.1 Å². The van der Waals surface area contributed by atoms with Crippen LogP contribution in [0.25, 0.3) is 0 Å². The molecule has 1 aliphatic carbocycles. The summed E-state index contributed by atoms with van der Waals surface area (Å²) in [6, 6.07) is 0. The molecule has 0 aromatic carbocycles. The summed E-state index contributed by atoms with van der Waals surface area (Å²) in [5.74, 6) is 2.72. The third-order valence-electron chi connectivity index (χ3n) is 3.61. The summed E-state index contributed by atoms with van der Waals surface area (Å²) in [7, 11) is 0. The van der Waals surface area contributed by atoms with E-state index in [1.165, 1.54) is 6.42 Å². The first-order valence-corrected chi connectivity index (χ1v) is 5.78. The molecular formula is C12H16N4. The second kappa shape index (κ2) is 3.54. The van der Waals surface area contributed by atoms with Crippen LogP contribution in [-0.2, 0) is 6.54 Å². The highest BCUT2D eigenvalue weighted by atomic mass is 15.3. The highest BCUT2D eigenvalue weighted by Crippen LogP contribution is 2.45. The molecule has 0 amide bonds. The summed E-state index contributed by atoms with van der Waals surface area (Å²) in [5, 5.41) is 0. The lowest BCUT2D eigenvalue weighted by Crippen LogP contribution is -2.24. The van der Waals surface area contributed by atoms with Gasteiger partial charge in [0.25, 0.3) is 0 Å². The molecule has 2 unspecified atom stereocenters. The fraction of sp³-hybridized carbons (Fsp3) is 0.583. The molecule has 2 fully saturated rings. The summed E-state index contributed by atoms with van der Waals surface area (Å²) in [6.45, 7) is 8.41. The Hall–Kier alpha value is -1.45. The van der Waals surface area contributed by atoms with Crippen LogP contribution in [0.2, 0.25) is 0 Å². The van der Waals surface area contributed by atoms with Crippen molar-refractivity contribution < 1.29 is 0 Å². The van der Waals surface area contributed by atoms with Gasteiger partial charge in [0.2, 0.25) is 5.95 Å². The lowest BCUT2D eigenvalue weighted by Gasteiger charge is -2.18. The van der Waals surface area contributed by atoms with Gasteiger partial charge in [-0.1, -0.05) is 0 Å². The van der Waals surface area contributed by atoms with Gasteiger partial charge >= 0.3 is 0 Å². The van der Waals surface area contributed by atoms with Gasteiger partial charge in [-0.05, 0) is 31.9 Å². The molecule has 1 saturated heterocycles. The number of aryl methyl sites for hydroxylation is 1. The minimum absolute atomic E-state index is 0.608. The first-order chi connectivity index (χ1) is 7.78. The Morgan fingerprint density at radius 3 is 2.88 bits per heavy atom. The Labute approximate surface area is 95.4 Å². The molecule has 0 bridgehead atoms. The fourth-order valence-corrected chi connectivity index (χ4v) is 2.47. The van der Waals surface area contributed by atoms with Crippen molar-refractivity contribution in [3.8, 4) is 0 Å². The van der Waals surface area contributed by atoms with Crippen molar-refractivity contribution >= 4 is 12.7 Å². The molecule has 2 atom stereocenters. The van der Waals surface area contributed by atoms with Crippen LogP contribution in [0.3, 0.4) is 0 Å². The number of aromatic nitrogens is 2. The van der Waals surface area contributed by atoms with Crippen LogP contribution in [0.4, 0.5) is 5.95 Å². The van der Waals surface area contributed by atoms with Crippen molar-refractivity contribution in [2.45, 2.75) is 19.9 Å². The molecule has 0 spiro atoms. The van der Waals surface area contributed by atoms with E-state index in [9.17, 15) is 0 Å².